The summed E-state index contributed by atoms with van der Waals surface area (Å²) >= 11 is 1.38. The number of esters is 1. The highest BCUT2D eigenvalue weighted by Crippen LogP contribution is 2.39. The zero-order valence-electron chi connectivity index (χ0n) is 14.2. The maximum absolute atomic E-state index is 12.5. The first-order valence-corrected chi connectivity index (χ1v) is 9.20. The van der Waals surface area contributed by atoms with Gasteiger partial charge in [0.1, 0.15) is 5.00 Å². The number of benzene rings is 1. The predicted molar refractivity (Wildman–Crippen MR) is 98.0 cm³/mol. The third-order valence-corrected chi connectivity index (χ3v) is 5.32. The molecule has 3 rings (SSSR count). The molecule has 1 heterocycles. The van der Waals surface area contributed by atoms with E-state index in [1.54, 1.807) is 0 Å². The monoisotopic (exact) mass is 374 g/mol. The van der Waals surface area contributed by atoms with Gasteiger partial charge in [-0.2, -0.15) is 0 Å². The molecular weight excluding hydrogens is 356 g/mol. The van der Waals surface area contributed by atoms with Gasteiger partial charge in [-0.3, -0.25) is 14.9 Å². The molecule has 1 N–H and O–H groups in total. The molecule has 1 aromatic carbocycles. The van der Waals surface area contributed by atoms with Crippen molar-refractivity contribution < 1.29 is 19.2 Å². The molecule has 1 aliphatic rings. The molecule has 0 saturated carbocycles. The van der Waals surface area contributed by atoms with Crippen LogP contribution in [0.5, 0.6) is 0 Å². The van der Waals surface area contributed by atoms with E-state index in [4.69, 9.17) is 4.74 Å². The van der Waals surface area contributed by atoms with Gasteiger partial charge in [-0.05, 0) is 37.3 Å². The zero-order valence-corrected chi connectivity index (χ0v) is 15.1. The molecule has 8 heteroatoms. The largest absolute Gasteiger partial charge is 0.462 e. The Hall–Kier alpha value is -2.74. The molecule has 0 saturated heterocycles. The van der Waals surface area contributed by atoms with E-state index in [9.17, 15) is 19.7 Å². The van der Waals surface area contributed by atoms with Crippen LogP contribution >= 0.6 is 11.3 Å². The Morgan fingerprint density at radius 3 is 2.88 bits per heavy atom. The molecule has 0 aliphatic heterocycles. The summed E-state index contributed by atoms with van der Waals surface area (Å²) in [5.41, 5.74) is 1.38. The number of amides is 1. The van der Waals surface area contributed by atoms with Gasteiger partial charge in [0.15, 0.2) is 0 Å². The Morgan fingerprint density at radius 1 is 1.35 bits per heavy atom. The van der Waals surface area contributed by atoms with Gasteiger partial charge in [-0.25, -0.2) is 4.79 Å². The number of nitro groups is 1. The minimum absolute atomic E-state index is 0.158. The van der Waals surface area contributed by atoms with Crippen molar-refractivity contribution in [2.75, 3.05) is 11.9 Å². The molecule has 1 aliphatic carbocycles. The lowest BCUT2D eigenvalue weighted by atomic mass is 10.1. The highest BCUT2D eigenvalue weighted by molar-refractivity contribution is 7.17. The van der Waals surface area contributed by atoms with Crippen LogP contribution in [-0.2, 0) is 17.6 Å². The van der Waals surface area contributed by atoms with Crippen LogP contribution in [0.15, 0.2) is 24.3 Å². The van der Waals surface area contributed by atoms with Gasteiger partial charge in [-0.1, -0.05) is 13.0 Å². The number of rotatable bonds is 6. The van der Waals surface area contributed by atoms with Crippen LogP contribution in [0.3, 0.4) is 0 Å². The topological polar surface area (TPSA) is 98.5 Å². The maximum Gasteiger partial charge on any atom is 0.341 e. The molecular formula is C18H18N2O5S. The van der Waals surface area contributed by atoms with Crippen molar-refractivity contribution >= 4 is 33.9 Å². The van der Waals surface area contributed by atoms with Gasteiger partial charge in [0.2, 0.25) is 0 Å². The number of hydrogen-bond acceptors (Lipinski definition) is 6. The number of carbonyl (C=O) groups excluding carboxylic acids is 2. The van der Waals surface area contributed by atoms with Gasteiger partial charge < -0.3 is 10.1 Å². The number of nitrogens with one attached hydrogen (secondary N) is 1. The SMILES string of the molecule is CCCOC(=O)c1c(NC(=O)c2cccc([N+](=O)[O-])c2)sc2c1CCC2. The summed E-state index contributed by atoms with van der Waals surface area (Å²) < 4.78 is 5.27. The number of thiophene rings is 1. The van der Waals surface area contributed by atoms with Crippen molar-refractivity contribution in [1.82, 2.24) is 0 Å². The molecule has 0 bridgehead atoms. The minimum atomic E-state index is -0.552. The highest BCUT2D eigenvalue weighted by Gasteiger charge is 2.28. The molecule has 1 aromatic heterocycles. The number of carbonyl (C=O) groups is 2. The predicted octanol–water partition coefficient (Wildman–Crippen LogP) is 3.96. The summed E-state index contributed by atoms with van der Waals surface area (Å²) in [5, 5.41) is 14.1. The molecule has 0 fully saturated rings. The summed E-state index contributed by atoms with van der Waals surface area (Å²) in [7, 11) is 0. The number of fused-ring (bicyclic) bond motifs is 1. The molecule has 26 heavy (non-hydrogen) atoms. The highest BCUT2D eigenvalue weighted by atomic mass is 32.1. The third kappa shape index (κ3) is 3.60. The first-order chi connectivity index (χ1) is 12.5. The van der Waals surface area contributed by atoms with Crippen molar-refractivity contribution in [3.05, 3.63) is 55.9 Å². The Bertz CT molecular complexity index is 874. The van der Waals surface area contributed by atoms with E-state index in [0.29, 0.717) is 23.6 Å². The van der Waals surface area contributed by atoms with Crippen LogP contribution < -0.4 is 5.32 Å². The van der Waals surface area contributed by atoms with E-state index < -0.39 is 16.8 Å². The molecule has 1 amide bonds. The van der Waals surface area contributed by atoms with E-state index in [-0.39, 0.29) is 11.3 Å². The first-order valence-electron chi connectivity index (χ1n) is 8.38. The van der Waals surface area contributed by atoms with Crippen LogP contribution in [0.1, 0.15) is 50.9 Å². The summed E-state index contributed by atoms with van der Waals surface area (Å²) in [4.78, 5) is 36.4. The third-order valence-electron chi connectivity index (χ3n) is 4.11. The summed E-state index contributed by atoms with van der Waals surface area (Å²) in [6.07, 6.45) is 3.36. The van der Waals surface area contributed by atoms with E-state index in [1.165, 1.54) is 35.6 Å². The second-order valence-corrected chi connectivity index (χ2v) is 7.06. The molecule has 0 unspecified atom stereocenters. The molecule has 0 spiro atoms. The number of aryl methyl sites for hydroxylation is 1. The molecule has 7 nitrogen and oxygen atoms in total. The minimum Gasteiger partial charge on any atom is -0.462 e. The first kappa shape index (κ1) is 18.1. The second kappa shape index (κ2) is 7.65. The Labute approximate surface area is 154 Å². The second-order valence-electron chi connectivity index (χ2n) is 5.96. The fraction of sp³-hybridized carbons (Fsp3) is 0.333. The van der Waals surface area contributed by atoms with Crippen molar-refractivity contribution in [3.63, 3.8) is 0 Å². The van der Waals surface area contributed by atoms with Gasteiger partial charge in [0, 0.05) is 22.6 Å². The number of non-ortho nitro benzene ring substituents is 1. The normalized spacial score (nSPS) is 12.5. The van der Waals surface area contributed by atoms with E-state index in [0.717, 1.165) is 29.7 Å². The van der Waals surface area contributed by atoms with Crippen LogP contribution in [-0.4, -0.2) is 23.4 Å². The standard InChI is InChI=1S/C18H18N2O5S/c1-2-9-25-18(22)15-13-7-4-8-14(13)26-17(15)19-16(21)11-5-3-6-12(10-11)20(23)24/h3,5-6,10H,2,4,7-9H2,1H3,(H,19,21). The lowest BCUT2D eigenvalue weighted by Gasteiger charge is -2.08. The van der Waals surface area contributed by atoms with Crippen LogP contribution in [0.25, 0.3) is 0 Å². The molecule has 0 radical (unpaired) electrons. The van der Waals surface area contributed by atoms with Crippen LogP contribution in [0.4, 0.5) is 10.7 Å². The van der Waals surface area contributed by atoms with Gasteiger partial charge in [0.25, 0.3) is 11.6 Å². The Kier molecular flexibility index (Phi) is 5.32. The summed E-state index contributed by atoms with van der Waals surface area (Å²) in [6.45, 7) is 2.23. The summed E-state index contributed by atoms with van der Waals surface area (Å²) in [5.74, 6) is -0.918. The zero-order chi connectivity index (χ0) is 18.7. The smallest absolute Gasteiger partial charge is 0.341 e. The average molecular weight is 374 g/mol. The molecule has 2 aromatic rings. The lowest BCUT2D eigenvalue weighted by molar-refractivity contribution is -0.384. The van der Waals surface area contributed by atoms with Gasteiger partial charge in [0.05, 0.1) is 17.1 Å². The fourth-order valence-corrected chi connectivity index (χ4v) is 4.18. The van der Waals surface area contributed by atoms with Crippen molar-refractivity contribution in [2.24, 2.45) is 0 Å². The lowest BCUT2D eigenvalue weighted by Crippen LogP contribution is -2.15. The van der Waals surface area contributed by atoms with E-state index in [1.807, 2.05) is 6.92 Å². The van der Waals surface area contributed by atoms with E-state index >= 15 is 0 Å². The average Bonchev–Trinajstić information content (AvgIpc) is 3.20. The van der Waals surface area contributed by atoms with Crippen molar-refractivity contribution in [3.8, 4) is 0 Å². The quantitative estimate of drug-likeness (QED) is 0.469. The number of ether oxygens (including phenoxy) is 1. The van der Waals surface area contributed by atoms with Gasteiger partial charge >= 0.3 is 5.97 Å². The number of nitrogens with zero attached hydrogens (tertiary/aromatic N) is 1. The molecule has 136 valence electrons. The number of anilines is 1. The van der Waals surface area contributed by atoms with Crippen molar-refractivity contribution in [1.29, 1.82) is 0 Å². The van der Waals surface area contributed by atoms with E-state index in [2.05, 4.69) is 5.32 Å². The van der Waals surface area contributed by atoms with Crippen LogP contribution in [0, 0.1) is 10.1 Å². The Balaban J connectivity index is 1.88. The fourth-order valence-electron chi connectivity index (χ4n) is 2.91. The number of nitro benzene ring substituents is 1. The maximum atomic E-state index is 12.5. The summed E-state index contributed by atoms with van der Waals surface area (Å²) in [6, 6.07) is 5.49. The van der Waals surface area contributed by atoms with Crippen LogP contribution in [0.2, 0.25) is 0 Å². The molecule has 0 atom stereocenters. The number of hydrogen-bond donors (Lipinski definition) is 1. The Morgan fingerprint density at radius 2 is 2.15 bits per heavy atom. The van der Waals surface area contributed by atoms with Gasteiger partial charge in [-0.15, -0.1) is 11.3 Å². The van der Waals surface area contributed by atoms with Crippen molar-refractivity contribution in [2.45, 2.75) is 32.6 Å².